The van der Waals surface area contributed by atoms with Crippen LogP contribution in [-0.2, 0) is 25.8 Å². The van der Waals surface area contributed by atoms with Crippen molar-refractivity contribution in [2.75, 3.05) is 11.5 Å². The number of aromatic nitrogens is 1. The van der Waals surface area contributed by atoms with Gasteiger partial charge in [-0.25, -0.2) is 9.59 Å². The van der Waals surface area contributed by atoms with Gasteiger partial charge in [-0.1, -0.05) is 83.0 Å². The third-order valence-electron chi connectivity index (χ3n) is 11.6. The first-order valence-electron chi connectivity index (χ1n) is 20.2. The van der Waals surface area contributed by atoms with Crippen molar-refractivity contribution in [3.05, 3.63) is 47.5 Å². The molecule has 1 aromatic heterocycles. The van der Waals surface area contributed by atoms with Gasteiger partial charge in [-0.2, -0.15) is 0 Å². The van der Waals surface area contributed by atoms with Crippen LogP contribution in [-0.4, -0.2) is 61.5 Å². The predicted molar refractivity (Wildman–Crippen MR) is 221 cm³/mol. The molecule has 0 bridgehead atoms. The molecule has 3 aliphatic rings. The number of carbonyl (C=O) groups is 4. The van der Waals surface area contributed by atoms with Crippen LogP contribution in [0.15, 0.2) is 46.7 Å². The second-order valence-corrected chi connectivity index (χ2v) is 17.7. The molecule has 3 aromatic rings. The van der Waals surface area contributed by atoms with E-state index in [1.807, 2.05) is 37.3 Å². The lowest BCUT2D eigenvalue weighted by Crippen LogP contribution is -2.20. The number of fused-ring (bicyclic) bond motifs is 3. The van der Waals surface area contributed by atoms with Crippen LogP contribution in [0.3, 0.4) is 0 Å². The summed E-state index contributed by atoms with van der Waals surface area (Å²) in [5.41, 5.74) is 3.30. The minimum atomic E-state index is -0.398. The molecule has 9 nitrogen and oxygen atoms in total. The van der Waals surface area contributed by atoms with Crippen molar-refractivity contribution in [1.29, 1.82) is 0 Å². The van der Waals surface area contributed by atoms with Crippen LogP contribution >= 0.6 is 23.5 Å². The second kappa shape index (κ2) is 18.9. The molecule has 4 atom stereocenters. The van der Waals surface area contributed by atoms with E-state index >= 15 is 0 Å². The number of unbranched alkanes of at least 4 members (excludes halogenated alkanes) is 1. The monoisotopic (exact) mass is 773 g/mol. The molecule has 0 radical (unpaired) electrons. The molecule has 2 aliphatic heterocycles. The summed E-state index contributed by atoms with van der Waals surface area (Å²) in [7, 11) is 0. The molecule has 290 valence electrons. The Bertz CT molecular complexity index is 1910. The zero-order valence-electron chi connectivity index (χ0n) is 32.3. The number of oxime groups is 2. The van der Waals surface area contributed by atoms with E-state index in [4.69, 9.17) is 9.68 Å². The highest BCUT2D eigenvalue weighted by Crippen LogP contribution is 2.36. The van der Waals surface area contributed by atoms with Gasteiger partial charge in [-0.3, -0.25) is 9.59 Å². The van der Waals surface area contributed by atoms with Crippen LogP contribution in [0.25, 0.3) is 21.8 Å². The van der Waals surface area contributed by atoms with Crippen molar-refractivity contribution in [3.8, 4) is 0 Å². The fraction of sp³-hybridized carbons (Fsp3) is 0.581. The Morgan fingerprint density at radius 2 is 1.24 bits per heavy atom. The van der Waals surface area contributed by atoms with E-state index in [-0.39, 0.29) is 39.5 Å². The normalized spacial score (nSPS) is 22.4. The number of hydrogen-bond acceptors (Lipinski definition) is 10. The number of hydrogen-bond donors (Lipinski definition) is 0. The molecular weight excluding hydrogens is 719 g/mol. The van der Waals surface area contributed by atoms with Crippen molar-refractivity contribution in [2.24, 2.45) is 28.1 Å². The summed E-state index contributed by atoms with van der Waals surface area (Å²) >= 11 is 3.21. The zero-order chi connectivity index (χ0) is 38.2. The van der Waals surface area contributed by atoms with Gasteiger partial charge in [-0.05, 0) is 104 Å². The van der Waals surface area contributed by atoms with Crippen molar-refractivity contribution >= 4 is 80.3 Å². The number of thioether (sulfide) groups is 2. The number of Topliss-reactive ketones (excluding diaryl/α,β-unsaturated/α-hetero) is 2. The molecule has 4 unspecified atom stereocenters. The Balaban J connectivity index is 1.29. The van der Waals surface area contributed by atoms with E-state index in [1.54, 1.807) is 29.6 Å². The molecular formula is C43H55N3O6S2. The first-order chi connectivity index (χ1) is 26.2. The average molecular weight is 774 g/mol. The van der Waals surface area contributed by atoms with Gasteiger partial charge >= 0.3 is 11.9 Å². The lowest BCUT2D eigenvalue weighted by molar-refractivity contribution is -0.144. The Labute approximate surface area is 327 Å². The average Bonchev–Trinajstić information content (AvgIpc) is 4.03. The largest absolute Gasteiger partial charge is 0.347 e. The van der Waals surface area contributed by atoms with E-state index in [9.17, 15) is 19.2 Å². The van der Waals surface area contributed by atoms with Crippen molar-refractivity contribution in [2.45, 2.75) is 128 Å². The number of nitrogens with zero attached hydrogens (tertiary/aromatic N) is 3. The Morgan fingerprint density at radius 1 is 0.722 bits per heavy atom. The molecule has 0 amide bonds. The van der Waals surface area contributed by atoms with E-state index in [0.717, 1.165) is 97.6 Å². The molecule has 3 fully saturated rings. The van der Waals surface area contributed by atoms with Gasteiger partial charge in [0.1, 0.15) is 21.9 Å². The minimum Gasteiger partial charge on any atom is -0.340 e. The molecule has 6 rings (SSSR count). The summed E-state index contributed by atoms with van der Waals surface area (Å²) in [6, 6.07) is 11.3. The van der Waals surface area contributed by atoms with E-state index in [2.05, 4.69) is 35.6 Å². The van der Waals surface area contributed by atoms with Crippen molar-refractivity contribution < 1.29 is 28.9 Å². The molecule has 54 heavy (non-hydrogen) atoms. The van der Waals surface area contributed by atoms with Gasteiger partial charge in [0.2, 0.25) is 11.6 Å². The number of ketones is 2. The molecule has 0 N–H and O–H groups in total. The molecule has 2 aromatic carbocycles. The summed E-state index contributed by atoms with van der Waals surface area (Å²) in [4.78, 5) is 64.7. The maximum Gasteiger partial charge on any atom is 0.347 e. The van der Waals surface area contributed by atoms with E-state index < -0.39 is 5.97 Å². The smallest absolute Gasteiger partial charge is 0.340 e. The third-order valence-corrected chi connectivity index (χ3v) is 14.5. The number of rotatable bonds is 17. The van der Waals surface area contributed by atoms with Crippen molar-refractivity contribution in [1.82, 2.24) is 4.57 Å². The minimum absolute atomic E-state index is 0.183. The Morgan fingerprint density at radius 3 is 1.72 bits per heavy atom. The number of aryl methyl sites for hydroxylation is 1. The SMILES string of the molecule is CCCCn1c2ccc(C(=O)/C(CC)=N/OC(=O)C3CC(CC)CS3)cc2c2cc(C(=O)/C(CCC3CCCC3)=N/OC(=O)C3CC(CC)CS3)ccc21. The van der Waals surface area contributed by atoms with Gasteiger partial charge in [-0.15, -0.1) is 23.5 Å². The van der Waals surface area contributed by atoms with Crippen molar-refractivity contribution in [3.63, 3.8) is 0 Å². The van der Waals surface area contributed by atoms with Crippen LogP contribution in [0, 0.1) is 17.8 Å². The second-order valence-electron chi connectivity index (χ2n) is 15.2. The Hall–Kier alpha value is -3.44. The van der Waals surface area contributed by atoms with Crippen LogP contribution < -0.4 is 0 Å². The highest BCUT2D eigenvalue weighted by molar-refractivity contribution is 8.01. The van der Waals surface area contributed by atoms with Crippen LogP contribution in [0.5, 0.6) is 0 Å². The molecule has 11 heteroatoms. The Kier molecular flexibility index (Phi) is 14.1. The standard InChI is InChI=1S/C43H55N3O6S2/c1-5-9-20-46-36-18-15-30(40(47)34(8-4)44-51-42(49)38-21-27(6-2)25-53-38)23-32(36)33-24-31(16-19-37(33)46)41(48)35(17-14-29-12-10-11-13-29)45-52-43(50)39-22-28(7-3)26-54-39/h15-16,18-19,23-24,27-29,38-39H,5-14,17,20-22,25-26H2,1-4H3/b44-34+,45-35+. The fourth-order valence-corrected chi connectivity index (χ4v) is 10.9. The van der Waals surface area contributed by atoms with Gasteiger partial charge in [0.15, 0.2) is 0 Å². The number of benzene rings is 2. The van der Waals surface area contributed by atoms with E-state index in [1.165, 1.54) is 12.8 Å². The summed E-state index contributed by atoms with van der Waals surface area (Å²) in [5, 5.41) is 9.54. The topological polar surface area (TPSA) is 116 Å². The summed E-state index contributed by atoms with van der Waals surface area (Å²) in [6.45, 7) is 9.03. The van der Waals surface area contributed by atoms with Gasteiger partial charge in [0.05, 0.1) is 0 Å². The molecule has 2 saturated heterocycles. The lowest BCUT2D eigenvalue weighted by atomic mass is 9.95. The first kappa shape index (κ1) is 40.2. The van der Waals surface area contributed by atoms with Crippen LogP contribution in [0.1, 0.15) is 132 Å². The lowest BCUT2D eigenvalue weighted by Gasteiger charge is -2.11. The zero-order valence-corrected chi connectivity index (χ0v) is 33.9. The summed E-state index contributed by atoms with van der Waals surface area (Å²) < 4.78 is 2.25. The predicted octanol–water partition coefficient (Wildman–Crippen LogP) is 10.2. The van der Waals surface area contributed by atoms with Crippen LogP contribution in [0.4, 0.5) is 0 Å². The maximum atomic E-state index is 14.3. The summed E-state index contributed by atoms with van der Waals surface area (Å²) in [5.74, 6) is 2.08. The van der Waals surface area contributed by atoms with E-state index in [0.29, 0.717) is 41.7 Å². The third kappa shape index (κ3) is 9.32. The van der Waals surface area contributed by atoms with Gasteiger partial charge in [0, 0.05) is 39.5 Å². The number of carbonyl (C=O) groups excluding carboxylic acids is 4. The fourth-order valence-electron chi connectivity index (χ4n) is 7.98. The first-order valence-corrected chi connectivity index (χ1v) is 22.3. The summed E-state index contributed by atoms with van der Waals surface area (Å²) in [6.07, 6.45) is 11.9. The highest BCUT2D eigenvalue weighted by Gasteiger charge is 2.33. The molecule has 3 heterocycles. The molecule has 1 aliphatic carbocycles. The highest BCUT2D eigenvalue weighted by atomic mass is 32.2. The molecule has 1 saturated carbocycles. The molecule has 0 spiro atoms. The van der Waals surface area contributed by atoms with Gasteiger partial charge < -0.3 is 14.2 Å². The maximum absolute atomic E-state index is 14.3. The van der Waals surface area contributed by atoms with Gasteiger partial charge in [0.25, 0.3) is 0 Å². The quantitative estimate of drug-likeness (QED) is 0.0576. The van der Waals surface area contributed by atoms with Crippen LogP contribution in [0.2, 0.25) is 0 Å².